The summed E-state index contributed by atoms with van der Waals surface area (Å²) in [6.07, 6.45) is 5.01. The number of hydrogen-bond acceptors (Lipinski definition) is 3. The highest BCUT2D eigenvalue weighted by molar-refractivity contribution is 9.10. The smallest absolute Gasteiger partial charge is 0.329 e. The number of carboxylic acid groups (broad SMARTS) is 1. The molecule has 1 fully saturated rings. The van der Waals surface area contributed by atoms with Crippen LogP contribution in [0.4, 0.5) is 0 Å². The van der Waals surface area contributed by atoms with E-state index < -0.39 is 17.4 Å². The fourth-order valence-electron chi connectivity index (χ4n) is 2.70. The number of nitrogens with one attached hydrogen (secondary N) is 1. The molecule has 20 heavy (non-hydrogen) atoms. The first-order chi connectivity index (χ1) is 9.48. The van der Waals surface area contributed by atoms with Gasteiger partial charge in [-0.3, -0.25) is 4.79 Å². The van der Waals surface area contributed by atoms with E-state index in [0.717, 1.165) is 19.3 Å². The summed E-state index contributed by atoms with van der Waals surface area (Å²) in [5.74, 6) is -0.791. The molecule has 2 rings (SSSR count). The van der Waals surface area contributed by atoms with Gasteiger partial charge in [0.15, 0.2) is 0 Å². The lowest BCUT2D eigenvalue weighted by Crippen LogP contribution is -2.56. The lowest BCUT2D eigenvalue weighted by Gasteiger charge is -2.37. The number of halogens is 1. The molecule has 1 aromatic rings. The Balaban J connectivity index is 2.13. The first kappa shape index (κ1) is 15.1. The van der Waals surface area contributed by atoms with Crippen LogP contribution in [0.25, 0.3) is 0 Å². The molecular formula is C14H18BrNO4. The standard InChI is InChI=1S/C14H18BrNO4/c1-2-9-3-6-14(7-4-9,13(18)19)16-12(17)11-10(15)5-8-20-11/h5,8-9H,2-4,6-7H2,1H3,(H,16,17)(H,18,19). The summed E-state index contributed by atoms with van der Waals surface area (Å²) in [6, 6.07) is 1.61. The summed E-state index contributed by atoms with van der Waals surface area (Å²) in [5, 5.41) is 12.2. The van der Waals surface area contributed by atoms with E-state index in [1.807, 2.05) is 0 Å². The molecule has 0 aromatic carbocycles. The van der Waals surface area contributed by atoms with Crippen molar-refractivity contribution in [3.63, 3.8) is 0 Å². The van der Waals surface area contributed by atoms with Crippen molar-refractivity contribution in [1.29, 1.82) is 0 Å². The van der Waals surface area contributed by atoms with Gasteiger partial charge < -0.3 is 14.8 Å². The molecule has 1 amide bonds. The van der Waals surface area contributed by atoms with Crippen LogP contribution >= 0.6 is 15.9 Å². The summed E-state index contributed by atoms with van der Waals surface area (Å²) < 4.78 is 5.61. The molecule has 0 bridgehead atoms. The van der Waals surface area contributed by atoms with Gasteiger partial charge in [-0.25, -0.2) is 4.79 Å². The van der Waals surface area contributed by atoms with Crippen LogP contribution in [0.2, 0.25) is 0 Å². The minimum Gasteiger partial charge on any atom is -0.480 e. The molecule has 0 spiro atoms. The Hall–Kier alpha value is -1.30. The lowest BCUT2D eigenvalue weighted by atomic mass is 9.75. The zero-order chi connectivity index (χ0) is 14.8. The molecule has 1 aliphatic carbocycles. The van der Waals surface area contributed by atoms with Crippen LogP contribution in [0.1, 0.15) is 49.6 Å². The molecule has 2 N–H and O–H groups in total. The first-order valence-electron chi connectivity index (χ1n) is 6.77. The number of rotatable bonds is 4. The highest BCUT2D eigenvalue weighted by atomic mass is 79.9. The predicted octanol–water partition coefficient (Wildman–Crippen LogP) is 3.20. The van der Waals surface area contributed by atoms with Gasteiger partial charge in [-0.1, -0.05) is 13.3 Å². The first-order valence-corrected chi connectivity index (χ1v) is 7.56. The highest BCUT2D eigenvalue weighted by Crippen LogP contribution is 2.34. The fourth-order valence-corrected chi connectivity index (χ4v) is 3.08. The molecule has 0 radical (unpaired) electrons. The van der Waals surface area contributed by atoms with Crippen molar-refractivity contribution >= 4 is 27.8 Å². The van der Waals surface area contributed by atoms with Gasteiger partial charge in [-0.15, -0.1) is 0 Å². The van der Waals surface area contributed by atoms with Crippen LogP contribution in [0, 0.1) is 5.92 Å². The maximum atomic E-state index is 12.2. The van der Waals surface area contributed by atoms with E-state index in [9.17, 15) is 14.7 Å². The number of aliphatic carboxylic acids is 1. The van der Waals surface area contributed by atoms with Gasteiger partial charge in [0.1, 0.15) is 5.54 Å². The quantitative estimate of drug-likeness (QED) is 0.879. The zero-order valence-electron chi connectivity index (χ0n) is 11.3. The predicted molar refractivity (Wildman–Crippen MR) is 76.5 cm³/mol. The summed E-state index contributed by atoms with van der Waals surface area (Å²) in [7, 11) is 0. The molecule has 1 aromatic heterocycles. The van der Waals surface area contributed by atoms with Crippen LogP contribution in [0.3, 0.4) is 0 Å². The van der Waals surface area contributed by atoms with E-state index in [1.165, 1.54) is 6.26 Å². The number of amides is 1. The van der Waals surface area contributed by atoms with Gasteiger partial charge in [0.2, 0.25) is 5.76 Å². The molecule has 0 aliphatic heterocycles. The fraction of sp³-hybridized carbons (Fsp3) is 0.571. The van der Waals surface area contributed by atoms with Gasteiger partial charge in [0.25, 0.3) is 5.91 Å². The summed E-state index contributed by atoms with van der Waals surface area (Å²) >= 11 is 3.21. The van der Waals surface area contributed by atoms with Crippen molar-refractivity contribution < 1.29 is 19.1 Å². The van der Waals surface area contributed by atoms with E-state index in [-0.39, 0.29) is 5.76 Å². The number of carboxylic acids is 1. The third kappa shape index (κ3) is 2.90. The number of hydrogen-bond donors (Lipinski definition) is 2. The Morgan fingerprint density at radius 1 is 1.50 bits per heavy atom. The van der Waals surface area contributed by atoms with E-state index in [1.54, 1.807) is 6.07 Å². The molecule has 1 aliphatic rings. The molecule has 1 heterocycles. The lowest BCUT2D eigenvalue weighted by molar-refractivity contribution is -0.146. The Labute approximate surface area is 125 Å². The van der Waals surface area contributed by atoms with Crippen molar-refractivity contribution in [3.8, 4) is 0 Å². The SMILES string of the molecule is CCC1CCC(NC(=O)c2occc2Br)(C(=O)O)CC1. The third-order valence-corrected chi connectivity index (χ3v) is 4.75. The van der Waals surface area contributed by atoms with E-state index in [4.69, 9.17) is 4.42 Å². The van der Waals surface area contributed by atoms with Gasteiger partial charge in [-0.2, -0.15) is 0 Å². The zero-order valence-corrected chi connectivity index (χ0v) is 12.9. The second kappa shape index (κ2) is 5.99. The minimum absolute atomic E-state index is 0.114. The van der Waals surface area contributed by atoms with Crippen molar-refractivity contribution in [3.05, 3.63) is 22.6 Å². The normalized spacial score (nSPS) is 26.2. The molecule has 0 unspecified atom stereocenters. The maximum Gasteiger partial charge on any atom is 0.329 e. The van der Waals surface area contributed by atoms with Crippen LogP contribution in [0.15, 0.2) is 21.2 Å². The van der Waals surface area contributed by atoms with Crippen molar-refractivity contribution in [1.82, 2.24) is 5.32 Å². The Morgan fingerprint density at radius 3 is 2.60 bits per heavy atom. The number of carbonyl (C=O) groups excluding carboxylic acids is 1. The molecule has 1 saturated carbocycles. The van der Waals surface area contributed by atoms with Crippen LogP contribution in [-0.2, 0) is 4.79 Å². The van der Waals surface area contributed by atoms with Crippen LogP contribution in [0.5, 0.6) is 0 Å². The average Bonchev–Trinajstić information content (AvgIpc) is 2.85. The minimum atomic E-state index is -1.17. The summed E-state index contributed by atoms with van der Waals surface area (Å²) in [6.45, 7) is 2.11. The van der Waals surface area contributed by atoms with Gasteiger partial charge >= 0.3 is 5.97 Å². The van der Waals surface area contributed by atoms with E-state index in [2.05, 4.69) is 28.2 Å². The maximum absolute atomic E-state index is 12.2. The van der Waals surface area contributed by atoms with Crippen molar-refractivity contribution in [2.45, 2.75) is 44.6 Å². The summed E-state index contributed by atoms with van der Waals surface area (Å²) in [5.41, 5.74) is -1.17. The molecule has 110 valence electrons. The van der Waals surface area contributed by atoms with Crippen LogP contribution in [-0.4, -0.2) is 22.5 Å². The highest BCUT2D eigenvalue weighted by Gasteiger charge is 2.43. The van der Waals surface area contributed by atoms with E-state index in [0.29, 0.717) is 23.2 Å². The van der Waals surface area contributed by atoms with Crippen molar-refractivity contribution in [2.24, 2.45) is 5.92 Å². The van der Waals surface area contributed by atoms with Gasteiger partial charge in [0, 0.05) is 0 Å². The Bertz CT molecular complexity index is 503. The van der Waals surface area contributed by atoms with Crippen molar-refractivity contribution in [2.75, 3.05) is 0 Å². The molecule has 6 heteroatoms. The molecule has 5 nitrogen and oxygen atoms in total. The summed E-state index contributed by atoms with van der Waals surface area (Å²) in [4.78, 5) is 23.8. The topological polar surface area (TPSA) is 79.5 Å². The average molecular weight is 344 g/mol. The number of furan rings is 1. The monoisotopic (exact) mass is 343 g/mol. The second-order valence-electron chi connectivity index (χ2n) is 5.29. The van der Waals surface area contributed by atoms with Gasteiger partial charge in [0.05, 0.1) is 10.7 Å². The Kier molecular flexibility index (Phi) is 4.52. The molecule has 0 saturated heterocycles. The van der Waals surface area contributed by atoms with Crippen LogP contribution < -0.4 is 5.32 Å². The number of carbonyl (C=O) groups is 2. The van der Waals surface area contributed by atoms with E-state index >= 15 is 0 Å². The Morgan fingerprint density at radius 2 is 2.15 bits per heavy atom. The largest absolute Gasteiger partial charge is 0.480 e. The molecule has 0 atom stereocenters. The van der Waals surface area contributed by atoms with Gasteiger partial charge in [-0.05, 0) is 53.6 Å². The molecular weight excluding hydrogens is 326 g/mol. The third-order valence-electron chi connectivity index (χ3n) is 4.12. The second-order valence-corrected chi connectivity index (χ2v) is 6.15.